The van der Waals surface area contributed by atoms with E-state index >= 15 is 0 Å². The van der Waals surface area contributed by atoms with E-state index in [0.29, 0.717) is 0 Å². The highest BCUT2D eigenvalue weighted by atomic mass is 35.5. The Morgan fingerprint density at radius 2 is 1.85 bits per heavy atom. The zero-order chi connectivity index (χ0) is 19.8. The van der Waals surface area contributed by atoms with Gasteiger partial charge in [0.05, 0.1) is 16.2 Å². The van der Waals surface area contributed by atoms with Crippen LogP contribution in [0.4, 0.5) is 22.0 Å². The van der Waals surface area contributed by atoms with E-state index in [-0.39, 0.29) is 27.5 Å². The summed E-state index contributed by atoms with van der Waals surface area (Å²) in [5.74, 6) is -6.72. The molecule has 0 fully saturated rings. The molecule has 0 aliphatic carbocycles. The minimum absolute atomic E-state index is 0.0339. The van der Waals surface area contributed by atoms with E-state index < -0.39 is 30.1 Å². The predicted octanol–water partition coefficient (Wildman–Crippen LogP) is 4.82. The Labute approximate surface area is 158 Å². The van der Waals surface area contributed by atoms with Crippen LogP contribution < -0.4 is 10.1 Å². The van der Waals surface area contributed by atoms with Gasteiger partial charge in [0.15, 0.2) is 11.6 Å². The summed E-state index contributed by atoms with van der Waals surface area (Å²) in [5.41, 5.74) is -1.52. The van der Waals surface area contributed by atoms with E-state index in [1.807, 2.05) is 5.32 Å². The van der Waals surface area contributed by atoms with Crippen LogP contribution in [0.3, 0.4) is 0 Å². The molecule has 0 bridgehead atoms. The summed E-state index contributed by atoms with van der Waals surface area (Å²) in [4.78, 5) is 7.51. The molecule has 12 heteroatoms. The number of hydrogen-bond acceptors (Lipinski definition) is 5. The number of rotatable bonds is 4. The second kappa shape index (κ2) is 7.01. The number of alkyl halides is 5. The van der Waals surface area contributed by atoms with Gasteiger partial charge in [-0.2, -0.15) is 22.0 Å². The first-order valence-electron chi connectivity index (χ1n) is 7.12. The number of ether oxygens (including phenoxy) is 1. The molecule has 5 nitrogen and oxygen atoms in total. The topological polar surface area (TPSA) is 59.7 Å². The third-order valence-corrected chi connectivity index (χ3v) is 4.08. The van der Waals surface area contributed by atoms with Gasteiger partial charge in [-0.15, -0.1) is 0 Å². The van der Waals surface area contributed by atoms with Gasteiger partial charge in [-0.1, -0.05) is 23.2 Å². The Hall–Kier alpha value is -2.33. The predicted molar refractivity (Wildman–Crippen MR) is 86.2 cm³/mol. The minimum atomic E-state index is -5.87. The largest absolute Gasteiger partial charge is 0.459 e. The van der Waals surface area contributed by atoms with Crippen molar-refractivity contribution < 1.29 is 31.1 Å². The highest BCUT2D eigenvalue weighted by Gasteiger charge is 2.62. The second-order valence-corrected chi connectivity index (χ2v) is 5.99. The molecule has 0 radical (unpaired) electrons. The first kappa shape index (κ1) is 19.4. The molecule has 1 N–H and O–H groups in total. The van der Waals surface area contributed by atoms with Crippen LogP contribution in [0.2, 0.25) is 10.0 Å². The van der Waals surface area contributed by atoms with Gasteiger partial charge in [0.25, 0.3) is 5.89 Å². The molecule has 1 aliphatic rings. The third kappa shape index (κ3) is 3.86. The second-order valence-electron chi connectivity index (χ2n) is 5.18. The number of nitrogens with zero attached hydrogens (tertiary/aromatic N) is 2. The van der Waals surface area contributed by atoms with E-state index in [9.17, 15) is 22.0 Å². The number of aromatic nitrogens is 1. The highest BCUT2D eigenvalue weighted by Crippen LogP contribution is 2.42. The molecule has 2 aromatic rings. The number of amidine groups is 1. The Morgan fingerprint density at radius 1 is 1.11 bits per heavy atom. The van der Waals surface area contributed by atoms with Crippen LogP contribution in [0.15, 0.2) is 51.5 Å². The Balaban J connectivity index is 2.00. The lowest BCUT2D eigenvalue weighted by molar-refractivity contribution is -0.266. The van der Waals surface area contributed by atoms with Crippen LogP contribution in [-0.2, 0) is 0 Å². The molecule has 0 saturated heterocycles. The Bertz CT molecular complexity index is 911. The molecule has 1 aromatic carbocycles. The van der Waals surface area contributed by atoms with Crippen molar-refractivity contribution in [2.45, 2.75) is 12.1 Å². The van der Waals surface area contributed by atoms with Crippen LogP contribution in [0, 0.1) is 0 Å². The van der Waals surface area contributed by atoms with Crippen LogP contribution in [-0.4, -0.2) is 29.5 Å². The maximum absolute atomic E-state index is 14.0. The molecule has 0 amide bonds. The quantitative estimate of drug-likeness (QED) is 0.710. The van der Waals surface area contributed by atoms with Gasteiger partial charge in [0, 0.05) is 6.07 Å². The summed E-state index contributed by atoms with van der Waals surface area (Å²) in [6, 6.07) is 3.74. The minimum Gasteiger partial charge on any atom is -0.458 e. The molecule has 0 saturated carbocycles. The number of hydrogen-bond donors (Lipinski definition) is 1. The summed E-state index contributed by atoms with van der Waals surface area (Å²) < 4.78 is 76.9. The number of aliphatic imine (C=N–C) groups is 1. The van der Waals surface area contributed by atoms with E-state index in [0.717, 1.165) is 6.26 Å². The highest BCUT2D eigenvalue weighted by molar-refractivity contribution is 6.42. The van der Waals surface area contributed by atoms with Gasteiger partial charge in [0.1, 0.15) is 24.3 Å². The zero-order valence-electron chi connectivity index (χ0n) is 13.0. The first-order valence-corrected chi connectivity index (χ1v) is 7.87. The number of nitrogens with one attached hydrogen (secondary N) is 1. The molecule has 3 rings (SSSR count). The number of oxazole rings is 1. The van der Waals surface area contributed by atoms with Gasteiger partial charge < -0.3 is 14.5 Å². The van der Waals surface area contributed by atoms with Crippen molar-refractivity contribution in [2.75, 3.05) is 6.54 Å². The summed E-state index contributed by atoms with van der Waals surface area (Å²) in [7, 11) is 0. The van der Waals surface area contributed by atoms with Gasteiger partial charge in [-0.25, -0.2) is 4.98 Å². The molecular weight excluding hydrogens is 420 g/mol. The number of allylic oxidation sites excluding steroid dienone is 1. The Morgan fingerprint density at radius 3 is 2.44 bits per heavy atom. The maximum atomic E-state index is 14.0. The average molecular weight is 428 g/mol. The van der Waals surface area contributed by atoms with Crippen molar-refractivity contribution in [2.24, 2.45) is 4.99 Å². The van der Waals surface area contributed by atoms with Gasteiger partial charge in [-0.05, 0) is 12.1 Å². The molecule has 144 valence electrons. The van der Waals surface area contributed by atoms with Crippen LogP contribution in [0.25, 0.3) is 0 Å². The van der Waals surface area contributed by atoms with Gasteiger partial charge in [0.2, 0.25) is 0 Å². The molecular formula is C15H8Cl2F5N3O2. The molecule has 2 heterocycles. The SMILES string of the molecule is FC(F)(F)C(F)(F)C1=C(Oc2ccc(Cl)c(Cl)c2)CN=C(c2ncco2)N1. The summed E-state index contributed by atoms with van der Waals surface area (Å²) in [6.07, 6.45) is -3.57. The molecule has 0 atom stereocenters. The molecule has 27 heavy (non-hydrogen) atoms. The van der Waals surface area contributed by atoms with Crippen LogP contribution in [0.1, 0.15) is 5.89 Å². The molecule has 0 spiro atoms. The molecule has 0 unspecified atom stereocenters. The summed E-state index contributed by atoms with van der Waals surface area (Å²) in [6.45, 7) is -0.619. The van der Waals surface area contributed by atoms with Crippen LogP contribution >= 0.6 is 23.2 Å². The zero-order valence-corrected chi connectivity index (χ0v) is 14.5. The van der Waals surface area contributed by atoms with Crippen molar-refractivity contribution in [3.05, 3.63) is 58.1 Å². The fourth-order valence-corrected chi connectivity index (χ4v) is 2.37. The van der Waals surface area contributed by atoms with Crippen molar-refractivity contribution >= 4 is 29.0 Å². The van der Waals surface area contributed by atoms with Gasteiger partial charge in [-0.3, -0.25) is 4.99 Å². The maximum Gasteiger partial charge on any atom is 0.459 e. The lowest BCUT2D eigenvalue weighted by Crippen LogP contribution is -2.48. The average Bonchev–Trinajstić information content (AvgIpc) is 3.12. The lowest BCUT2D eigenvalue weighted by Gasteiger charge is -2.28. The molecule has 1 aromatic heterocycles. The van der Waals surface area contributed by atoms with E-state index in [1.54, 1.807) is 0 Å². The standard InChI is InChI=1S/C15H8Cl2F5N3O2/c16-8-2-1-7(5-9(8)17)27-10-6-24-12(13-23-3-4-26-13)25-11(10)14(18,19)15(20,21)22/h1-5H,6H2,(H,24,25). The molecule has 1 aliphatic heterocycles. The van der Waals surface area contributed by atoms with Crippen molar-refractivity contribution in [1.29, 1.82) is 0 Å². The summed E-state index contributed by atoms with van der Waals surface area (Å²) >= 11 is 11.5. The summed E-state index contributed by atoms with van der Waals surface area (Å²) in [5, 5.41) is 2.11. The van der Waals surface area contributed by atoms with Gasteiger partial charge >= 0.3 is 12.1 Å². The van der Waals surface area contributed by atoms with E-state index in [2.05, 4.69) is 9.98 Å². The van der Waals surface area contributed by atoms with E-state index in [1.165, 1.54) is 24.4 Å². The Kier molecular flexibility index (Phi) is 5.04. The fraction of sp³-hybridized carbons (Fsp3) is 0.200. The first-order chi connectivity index (χ1) is 12.6. The van der Waals surface area contributed by atoms with Crippen molar-refractivity contribution in [3.8, 4) is 5.75 Å². The lowest BCUT2D eigenvalue weighted by atomic mass is 10.1. The monoisotopic (exact) mass is 427 g/mol. The normalized spacial score (nSPS) is 15.4. The van der Waals surface area contributed by atoms with E-state index in [4.69, 9.17) is 32.4 Å². The van der Waals surface area contributed by atoms with Crippen LogP contribution in [0.5, 0.6) is 5.75 Å². The third-order valence-electron chi connectivity index (χ3n) is 3.34. The number of halogens is 7. The number of benzene rings is 1. The van der Waals surface area contributed by atoms with Crippen molar-refractivity contribution in [3.63, 3.8) is 0 Å². The smallest absolute Gasteiger partial charge is 0.458 e. The fourth-order valence-electron chi connectivity index (χ4n) is 2.08. The van der Waals surface area contributed by atoms with Crippen molar-refractivity contribution in [1.82, 2.24) is 10.3 Å².